The molecule has 0 aliphatic heterocycles. The molecule has 0 saturated carbocycles. The molecule has 0 fully saturated rings. The van der Waals surface area contributed by atoms with Crippen LogP contribution in [0, 0.1) is 0 Å². The third kappa shape index (κ3) is 7.68. The number of nitrogens with zero attached hydrogens (tertiary/aromatic N) is 3. The molecule has 0 spiro atoms. The van der Waals surface area contributed by atoms with Gasteiger partial charge in [-0.05, 0) is 91.0 Å². The molecule has 1 heterocycles. The summed E-state index contributed by atoms with van der Waals surface area (Å²) in [6.07, 6.45) is 0. The first-order chi connectivity index (χ1) is 29.7. The van der Waals surface area contributed by atoms with Crippen LogP contribution in [0.5, 0.6) is 0 Å². The predicted octanol–water partition coefficient (Wildman–Crippen LogP) is 14.9. The van der Waals surface area contributed by atoms with Crippen molar-refractivity contribution < 1.29 is 0 Å². The van der Waals surface area contributed by atoms with Gasteiger partial charge >= 0.3 is 0 Å². The maximum atomic E-state index is 5.16. The molecule has 0 radical (unpaired) electrons. The summed E-state index contributed by atoms with van der Waals surface area (Å²) in [6, 6.07) is 83.3. The number of rotatable bonds is 9. The van der Waals surface area contributed by atoms with Crippen LogP contribution in [0.4, 0.5) is 0 Å². The van der Waals surface area contributed by atoms with E-state index in [4.69, 9.17) is 15.0 Å². The van der Waals surface area contributed by atoms with E-state index in [1.54, 1.807) is 0 Å². The van der Waals surface area contributed by atoms with Gasteiger partial charge in [0.2, 0.25) is 0 Å². The summed E-state index contributed by atoms with van der Waals surface area (Å²) in [5, 5.41) is 0. The van der Waals surface area contributed by atoms with Crippen molar-refractivity contribution >= 4 is 0 Å². The van der Waals surface area contributed by atoms with Crippen molar-refractivity contribution in [2.75, 3.05) is 0 Å². The summed E-state index contributed by atoms with van der Waals surface area (Å²) >= 11 is 0. The molecule has 0 aliphatic carbocycles. The third-order valence-electron chi connectivity index (χ3n) is 11.0. The van der Waals surface area contributed by atoms with E-state index in [9.17, 15) is 0 Å². The van der Waals surface area contributed by atoms with Crippen LogP contribution in [-0.4, -0.2) is 15.0 Å². The highest BCUT2D eigenvalue weighted by atomic mass is 15.0. The second-order valence-corrected chi connectivity index (χ2v) is 14.9. The standard InChI is InChI=1S/C57H39N3/c1-6-16-40(17-7-1)43-26-28-45(29-27-43)49-34-35-53(46-32-30-44(31-33-46)41-18-8-2-9-19-41)54(39-49)51-36-50(42-20-10-3-11-21-42)37-52(38-51)57-59-55(47-22-12-4-13-23-47)58-56(60-57)48-24-14-5-15-25-48/h1-39H. The Balaban J connectivity index is 1.17. The molecule has 282 valence electrons. The van der Waals surface area contributed by atoms with Crippen molar-refractivity contribution in [3.63, 3.8) is 0 Å². The van der Waals surface area contributed by atoms with Gasteiger partial charge in [0.15, 0.2) is 17.5 Å². The van der Waals surface area contributed by atoms with Gasteiger partial charge in [-0.25, -0.2) is 15.0 Å². The lowest BCUT2D eigenvalue weighted by Crippen LogP contribution is -2.00. The molecule has 3 heteroatoms. The van der Waals surface area contributed by atoms with Gasteiger partial charge in [0, 0.05) is 16.7 Å². The normalized spacial score (nSPS) is 11.0. The van der Waals surface area contributed by atoms with Crippen molar-refractivity contribution in [2.45, 2.75) is 0 Å². The second-order valence-electron chi connectivity index (χ2n) is 14.9. The quantitative estimate of drug-likeness (QED) is 0.147. The third-order valence-corrected chi connectivity index (χ3v) is 11.0. The fourth-order valence-electron chi connectivity index (χ4n) is 7.82. The monoisotopic (exact) mass is 765 g/mol. The maximum Gasteiger partial charge on any atom is 0.164 e. The molecule has 0 unspecified atom stereocenters. The summed E-state index contributed by atoms with van der Waals surface area (Å²) in [6.45, 7) is 0. The lowest BCUT2D eigenvalue weighted by Gasteiger charge is -2.17. The fraction of sp³-hybridized carbons (Fsp3) is 0. The van der Waals surface area contributed by atoms with E-state index in [-0.39, 0.29) is 0 Å². The Bertz CT molecular complexity index is 2960. The first-order valence-electron chi connectivity index (χ1n) is 20.3. The molecule has 9 aromatic carbocycles. The minimum Gasteiger partial charge on any atom is -0.208 e. The highest BCUT2D eigenvalue weighted by Gasteiger charge is 2.17. The molecule has 10 rings (SSSR count). The predicted molar refractivity (Wildman–Crippen MR) is 249 cm³/mol. The van der Waals surface area contributed by atoms with Crippen molar-refractivity contribution in [2.24, 2.45) is 0 Å². The van der Waals surface area contributed by atoms with Crippen molar-refractivity contribution in [1.29, 1.82) is 0 Å². The largest absolute Gasteiger partial charge is 0.208 e. The molecule has 3 nitrogen and oxygen atoms in total. The Kier molecular flexibility index (Phi) is 9.97. The lowest BCUT2D eigenvalue weighted by atomic mass is 9.88. The molecular weight excluding hydrogens is 727 g/mol. The molecule has 0 atom stereocenters. The van der Waals surface area contributed by atoms with Gasteiger partial charge in [0.1, 0.15) is 0 Å². The zero-order valence-electron chi connectivity index (χ0n) is 32.9. The molecular formula is C57H39N3. The van der Waals surface area contributed by atoms with Crippen molar-refractivity contribution in [1.82, 2.24) is 15.0 Å². The van der Waals surface area contributed by atoms with Gasteiger partial charge in [-0.15, -0.1) is 0 Å². The minimum atomic E-state index is 0.614. The van der Waals surface area contributed by atoms with E-state index < -0.39 is 0 Å². The van der Waals surface area contributed by atoms with Crippen LogP contribution in [0.15, 0.2) is 237 Å². The Hall–Kier alpha value is -8.01. The van der Waals surface area contributed by atoms with E-state index in [2.05, 4.69) is 176 Å². The van der Waals surface area contributed by atoms with Gasteiger partial charge in [-0.1, -0.05) is 212 Å². The average molecular weight is 766 g/mol. The van der Waals surface area contributed by atoms with E-state index >= 15 is 0 Å². The number of aromatic nitrogens is 3. The van der Waals surface area contributed by atoms with Crippen LogP contribution in [0.25, 0.3) is 101 Å². The smallest absolute Gasteiger partial charge is 0.164 e. The van der Waals surface area contributed by atoms with E-state index in [0.29, 0.717) is 17.5 Å². The fourth-order valence-corrected chi connectivity index (χ4v) is 7.82. The van der Waals surface area contributed by atoms with Gasteiger partial charge < -0.3 is 0 Å². The van der Waals surface area contributed by atoms with Crippen molar-refractivity contribution in [3.8, 4) is 101 Å². The number of hydrogen-bond acceptors (Lipinski definition) is 3. The zero-order chi connectivity index (χ0) is 40.1. The van der Waals surface area contributed by atoms with Gasteiger partial charge in [0.05, 0.1) is 0 Å². The summed E-state index contributed by atoms with van der Waals surface area (Å²) in [7, 11) is 0. The first-order valence-corrected chi connectivity index (χ1v) is 20.3. The van der Waals surface area contributed by atoms with Crippen LogP contribution in [0.3, 0.4) is 0 Å². The molecule has 0 N–H and O–H groups in total. The van der Waals surface area contributed by atoms with Gasteiger partial charge in [-0.3, -0.25) is 0 Å². The maximum absolute atomic E-state index is 5.16. The summed E-state index contributed by atoms with van der Waals surface area (Å²) in [5.74, 6) is 1.88. The molecule has 10 aromatic rings. The highest BCUT2D eigenvalue weighted by Crippen LogP contribution is 2.40. The van der Waals surface area contributed by atoms with Crippen molar-refractivity contribution in [3.05, 3.63) is 237 Å². The van der Waals surface area contributed by atoms with Gasteiger partial charge in [0.25, 0.3) is 0 Å². The summed E-state index contributed by atoms with van der Waals surface area (Å²) in [4.78, 5) is 15.3. The molecule has 0 aliphatic rings. The van der Waals surface area contributed by atoms with Crippen LogP contribution < -0.4 is 0 Å². The molecule has 0 bridgehead atoms. The number of benzene rings is 9. The van der Waals surface area contributed by atoms with E-state index in [1.807, 2.05) is 60.7 Å². The SMILES string of the molecule is c1ccc(-c2ccc(-c3ccc(-c4ccc(-c5ccccc5)cc4)c(-c4cc(-c5ccccc5)cc(-c5nc(-c6ccccc6)nc(-c6ccccc6)n5)c4)c3)cc2)cc1. The second kappa shape index (κ2) is 16.5. The van der Waals surface area contributed by atoms with Crippen LogP contribution >= 0.6 is 0 Å². The Morgan fingerprint density at radius 1 is 0.167 bits per heavy atom. The Morgan fingerprint density at radius 3 is 0.917 bits per heavy atom. The van der Waals surface area contributed by atoms with Crippen LogP contribution in [-0.2, 0) is 0 Å². The number of hydrogen-bond donors (Lipinski definition) is 0. The Labute approximate surface area is 351 Å². The molecule has 0 amide bonds. The summed E-state index contributed by atoms with van der Waals surface area (Å²) < 4.78 is 0. The van der Waals surface area contributed by atoms with E-state index in [0.717, 1.165) is 61.2 Å². The Morgan fingerprint density at radius 2 is 0.467 bits per heavy atom. The molecule has 60 heavy (non-hydrogen) atoms. The first kappa shape index (κ1) is 36.3. The molecule has 0 saturated heterocycles. The molecule has 1 aromatic heterocycles. The summed E-state index contributed by atoms with van der Waals surface area (Å²) in [5.41, 5.74) is 16.5. The van der Waals surface area contributed by atoms with E-state index in [1.165, 1.54) is 22.3 Å². The lowest BCUT2D eigenvalue weighted by molar-refractivity contribution is 1.07. The zero-order valence-corrected chi connectivity index (χ0v) is 32.9. The topological polar surface area (TPSA) is 38.7 Å². The highest BCUT2D eigenvalue weighted by molar-refractivity contribution is 5.91. The average Bonchev–Trinajstić information content (AvgIpc) is 3.35. The minimum absolute atomic E-state index is 0.614. The van der Waals surface area contributed by atoms with Crippen LogP contribution in [0.2, 0.25) is 0 Å². The van der Waals surface area contributed by atoms with Crippen LogP contribution in [0.1, 0.15) is 0 Å². The van der Waals surface area contributed by atoms with Gasteiger partial charge in [-0.2, -0.15) is 0 Å².